The van der Waals surface area contributed by atoms with Crippen molar-refractivity contribution in [2.24, 2.45) is 4.99 Å². The summed E-state index contributed by atoms with van der Waals surface area (Å²) in [5.74, 6) is 0.408. The van der Waals surface area contributed by atoms with Crippen molar-refractivity contribution in [3.8, 4) is 0 Å². The third kappa shape index (κ3) is 6.48. The maximum absolute atomic E-state index is 12.3. The highest BCUT2D eigenvalue weighted by Gasteiger charge is 2.26. The Bertz CT molecular complexity index is 566. The summed E-state index contributed by atoms with van der Waals surface area (Å²) < 4.78 is 36.9. The summed E-state index contributed by atoms with van der Waals surface area (Å²) in [6.45, 7) is 6.34. The second kappa shape index (κ2) is 8.97. The van der Waals surface area contributed by atoms with Crippen LogP contribution in [0, 0.1) is 0 Å². The third-order valence-electron chi connectivity index (χ3n) is 4.20. The average Bonchev–Trinajstić information content (AvgIpc) is 3.08. The van der Waals surface area contributed by atoms with Gasteiger partial charge in [-0.05, 0) is 44.4 Å². The Balaban J connectivity index is 2.00. The monoisotopic (exact) mass is 356 g/mol. The van der Waals surface area contributed by atoms with E-state index in [4.69, 9.17) is 0 Å². The van der Waals surface area contributed by atoms with Crippen LogP contribution in [-0.2, 0) is 0 Å². The molecule has 4 nitrogen and oxygen atoms in total. The lowest BCUT2D eigenvalue weighted by Gasteiger charge is -2.22. The van der Waals surface area contributed by atoms with Gasteiger partial charge in [-0.25, -0.2) is 0 Å². The molecule has 25 heavy (non-hydrogen) atoms. The second-order valence-electron chi connectivity index (χ2n) is 6.28. The van der Waals surface area contributed by atoms with Gasteiger partial charge in [-0.15, -0.1) is 0 Å². The number of hydrogen-bond acceptors (Lipinski definition) is 2. The number of halogens is 3. The molecule has 1 saturated heterocycles. The Morgan fingerprint density at radius 2 is 2.00 bits per heavy atom. The molecule has 2 rings (SSSR count). The van der Waals surface area contributed by atoms with E-state index >= 15 is 0 Å². The van der Waals surface area contributed by atoms with Crippen LogP contribution in [0.1, 0.15) is 44.7 Å². The van der Waals surface area contributed by atoms with E-state index in [0.717, 1.165) is 18.7 Å². The molecule has 0 aromatic heterocycles. The fourth-order valence-corrected chi connectivity index (χ4v) is 2.87. The quantitative estimate of drug-likeness (QED) is 0.601. The van der Waals surface area contributed by atoms with Crippen LogP contribution >= 0.6 is 0 Å². The minimum absolute atomic E-state index is 0.0498. The fourth-order valence-electron chi connectivity index (χ4n) is 2.87. The molecule has 1 unspecified atom stereocenters. The summed E-state index contributed by atoms with van der Waals surface area (Å²) in [4.78, 5) is 6.39. The molecule has 1 aromatic rings. The minimum Gasteiger partial charge on any atom is -0.372 e. The van der Waals surface area contributed by atoms with E-state index in [-0.39, 0.29) is 12.6 Å². The van der Waals surface area contributed by atoms with E-state index in [1.165, 1.54) is 18.5 Å². The molecular formula is C18H27F3N4. The lowest BCUT2D eigenvalue weighted by molar-refractivity contribution is -0.132. The van der Waals surface area contributed by atoms with Crippen molar-refractivity contribution in [3.05, 3.63) is 29.8 Å². The molecule has 0 amide bonds. The molecule has 0 saturated carbocycles. The SMILES string of the molecule is CCNC(=NCCC(F)(F)F)NC(C)c1cccc(N2CCCC2)c1. The number of guanidine groups is 1. The maximum atomic E-state index is 12.3. The number of aliphatic imine (C=N–C) groups is 1. The van der Waals surface area contributed by atoms with Crippen LogP contribution < -0.4 is 15.5 Å². The molecular weight excluding hydrogens is 329 g/mol. The highest BCUT2D eigenvalue weighted by atomic mass is 19.4. The zero-order chi connectivity index (χ0) is 18.3. The van der Waals surface area contributed by atoms with Crippen molar-refractivity contribution < 1.29 is 13.2 Å². The molecule has 1 heterocycles. The van der Waals surface area contributed by atoms with Crippen LogP contribution in [0.25, 0.3) is 0 Å². The van der Waals surface area contributed by atoms with Gasteiger partial charge >= 0.3 is 6.18 Å². The zero-order valence-corrected chi connectivity index (χ0v) is 14.9. The molecule has 0 spiro atoms. The van der Waals surface area contributed by atoms with Gasteiger partial charge < -0.3 is 15.5 Å². The molecule has 2 N–H and O–H groups in total. The van der Waals surface area contributed by atoms with Gasteiger partial charge in [0.05, 0.1) is 19.0 Å². The first-order valence-corrected chi connectivity index (χ1v) is 8.85. The van der Waals surface area contributed by atoms with E-state index in [1.807, 2.05) is 26.0 Å². The van der Waals surface area contributed by atoms with Gasteiger partial charge in [0.1, 0.15) is 0 Å². The number of nitrogens with one attached hydrogen (secondary N) is 2. The second-order valence-corrected chi connectivity index (χ2v) is 6.28. The average molecular weight is 356 g/mol. The molecule has 7 heteroatoms. The lowest BCUT2D eigenvalue weighted by Crippen LogP contribution is -2.39. The van der Waals surface area contributed by atoms with Gasteiger partial charge in [-0.3, -0.25) is 4.99 Å². The van der Waals surface area contributed by atoms with Crippen LogP contribution in [0.15, 0.2) is 29.3 Å². The zero-order valence-electron chi connectivity index (χ0n) is 14.9. The third-order valence-corrected chi connectivity index (χ3v) is 4.20. The smallest absolute Gasteiger partial charge is 0.372 e. The van der Waals surface area contributed by atoms with Gasteiger partial charge in [-0.1, -0.05) is 12.1 Å². The Morgan fingerprint density at radius 3 is 2.64 bits per heavy atom. The van der Waals surface area contributed by atoms with Gasteiger partial charge in [0.15, 0.2) is 5.96 Å². The molecule has 1 aliphatic heterocycles. The van der Waals surface area contributed by atoms with E-state index in [1.54, 1.807) is 0 Å². The van der Waals surface area contributed by atoms with E-state index in [9.17, 15) is 13.2 Å². The molecule has 140 valence electrons. The Hall–Kier alpha value is -1.92. The summed E-state index contributed by atoms with van der Waals surface area (Å²) in [7, 11) is 0. The van der Waals surface area contributed by atoms with Gasteiger partial charge in [0.25, 0.3) is 0 Å². The van der Waals surface area contributed by atoms with Gasteiger partial charge in [0.2, 0.25) is 0 Å². The molecule has 1 fully saturated rings. The number of alkyl halides is 3. The molecule has 1 aromatic carbocycles. The highest BCUT2D eigenvalue weighted by Crippen LogP contribution is 2.24. The lowest BCUT2D eigenvalue weighted by atomic mass is 10.1. The normalized spacial score (nSPS) is 16.8. The molecule has 1 aliphatic rings. The van der Waals surface area contributed by atoms with Crippen LogP contribution in [-0.4, -0.2) is 38.3 Å². The fraction of sp³-hybridized carbons (Fsp3) is 0.611. The van der Waals surface area contributed by atoms with Crippen LogP contribution in [0.2, 0.25) is 0 Å². The van der Waals surface area contributed by atoms with E-state index < -0.39 is 12.6 Å². The first kappa shape index (κ1) is 19.4. The summed E-state index contributed by atoms with van der Waals surface area (Å²) in [6.07, 6.45) is -2.66. The van der Waals surface area contributed by atoms with Crippen molar-refractivity contribution in [1.29, 1.82) is 0 Å². The molecule has 0 bridgehead atoms. The van der Waals surface area contributed by atoms with Crippen molar-refractivity contribution in [2.75, 3.05) is 31.1 Å². The maximum Gasteiger partial charge on any atom is 0.390 e. The summed E-state index contributed by atoms with van der Waals surface area (Å²) >= 11 is 0. The topological polar surface area (TPSA) is 39.7 Å². The number of hydrogen-bond donors (Lipinski definition) is 2. The van der Waals surface area contributed by atoms with Crippen LogP contribution in [0.5, 0.6) is 0 Å². The number of nitrogens with zero attached hydrogens (tertiary/aromatic N) is 2. The Labute approximate surface area is 147 Å². The van der Waals surface area contributed by atoms with Crippen molar-refractivity contribution in [1.82, 2.24) is 10.6 Å². The number of rotatable bonds is 6. The Kier molecular flexibility index (Phi) is 6.96. The van der Waals surface area contributed by atoms with Crippen molar-refractivity contribution in [2.45, 2.75) is 45.3 Å². The van der Waals surface area contributed by atoms with Crippen LogP contribution in [0.3, 0.4) is 0 Å². The number of anilines is 1. The first-order valence-electron chi connectivity index (χ1n) is 8.85. The van der Waals surface area contributed by atoms with E-state index in [2.05, 4.69) is 32.7 Å². The highest BCUT2D eigenvalue weighted by molar-refractivity contribution is 5.80. The largest absolute Gasteiger partial charge is 0.390 e. The molecule has 0 radical (unpaired) electrons. The Morgan fingerprint density at radius 1 is 1.28 bits per heavy atom. The van der Waals surface area contributed by atoms with Gasteiger partial charge in [-0.2, -0.15) is 13.2 Å². The predicted octanol–water partition coefficient (Wildman–Crippen LogP) is 3.86. The van der Waals surface area contributed by atoms with E-state index in [0.29, 0.717) is 12.5 Å². The predicted molar refractivity (Wildman–Crippen MR) is 96.1 cm³/mol. The standard InChI is InChI=1S/C18H27F3N4/c1-3-22-17(23-10-9-18(19,20)21)24-14(2)15-7-6-8-16(13-15)25-11-4-5-12-25/h6-8,13-14H,3-5,9-12H2,1-2H3,(H2,22,23,24). The summed E-state index contributed by atoms with van der Waals surface area (Å²) in [5.41, 5.74) is 2.29. The number of benzene rings is 1. The minimum atomic E-state index is -4.18. The van der Waals surface area contributed by atoms with Gasteiger partial charge in [0, 0.05) is 25.3 Å². The first-order chi connectivity index (χ1) is 11.9. The van der Waals surface area contributed by atoms with Crippen molar-refractivity contribution in [3.63, 3.8) is 0 Å². The summed E-state index contributed by atoms with van der Waals surface area (Å²) in [6, 6.07) is 8.24. The van der Waals surface area contributed by atoms with Crippen LogP contribution in [0.4, 0.5) is 18.9 Å². The van der Waals surface area contributed by atoms with Crippen molar-refractivity contribution >= 4 is 11.6 Å². The molecule has 1 atom stereocenters. The molecule has 0 aliphatic carbocycles. The summed E-state index contributed by atoms with van der Waals surface area (Å²) in [5, 5.41) is 6.19.